The lowest BCUT2D eigenvalue weighted by Gasteiger charge is -2.34. The molecule has 1 heterocycles. The summed E-state index contributed by atoms with van der Waals surface area (Å²) in [6, 6.07) is 6.57. The number of aliphatic hydroxyl groups excluding tert-OH is 1. The van der Waals surface area contributed by atoms with E-state index >= 15 is 0 Å². The van der Waals surface area contributed by atoms with Crippen LogP contribution in [0.2, 0.25) is 0 Å². The highest BCUT2D eigenvalue weighted by atomic mass is 32.3. The third-order valence-corrected chi connectivity index (χ3v) is 5.87. The predicted molar refractivity (Wildman–Crippen MR) is 83.5 cm³/mol. The number of hydrogen-bond donors (Lipinski definition) is 3. The van der Waals surface area contributed by atoms with Crippen molar-refractivity contribution in [2.75, 3.05) is 0 Å². The number of rotatable bonds is 3. The number of fused-ring (bicyclic) bond motifs is 1. The molecule has 0 fully saturated rings. The number of nitrogens with zero attached hydrogens (tertiary/aromatic N) is 1. The molecule has 0 aromatic heterocycles. The Labute approximate surface area is 146 Å². The minimum absolute atomic E-state index is 0.0799. The van der Waals surface area contributed by atoms with Gasteiger partial charge in [-0.25, -0.2) is 8.78 Å². The van der Waals surface area contributed by atoms with Gasteiger partial charge < -0.3 is 9.84 Å². The lowest BCUT2D eigenvalue weighted by Crippen LogP contribution is -2.26. The Bertz CT molecular complexity index is 929. The highest BCUT2D eigenvalue weighted by Crippen LogP contribution is 2.72. The highest BCUT2D eigenvalue weighted by molar-refractivity contribution is 8.25. The first-order chi connectivity index (χ1) is 12.1. The Morgan fingerprint density at radius 2 is 1.92 bits per heavy atom. The van der Waals surface area contributed by atoms with E-state index in [4.69, 9.17) is 10.00 Å². The van der Waals surface area contributed by atoms with Crippen LogP contribution >= 0.6 is 10.6 Å². The van der Waals surface area contributed by atoms with Crippen molar-refractivity contribution in [3.63, 3.8) is 0 Å². The van der Waals surface area contributed by atoms with Crippen LogP contribution in [-0.4, -0.2) is 19.5 Å². The summed E-state index contributed by atoms with van der Waals surface area (Å²) in [7, 11) is -4.68. The van der Waals surface area contributed by atoms with Crippen molar-refractivity contribution < 1.29 is 36.5 Å². The maximum Gasteiger partial charge on any atom is 0.371 e. The van der Waals surface area contributed by atoms with E-state index < -0.39 is 50.5 Å². The predicted octanol–water partition coefficient (Wildman–Crippen LogP) is 4.71. The average Bonchev–Trinajstić information content (AvgIpc) is 2.72. The molecule has 0 bridgehead atoms. The minimum atomic E-state index is -4.68. The van der Waals surface area contributed by atoms with E-state index in [1.165, 1.54) is 0 Å². The molecule has 10 heteroatoms. The fourth-order valence-corrected chi connectivity index (χ4v) is 4.21. The molecule has 0 spiro atoms. The van der Waals surface area contributed by atoms with Crippen LogP contribution in [0.25, 0.3) is 0 Å². The molecule has 0 saturated heterocycles. The Morgan fingerprint density at radius 3 is 2.54 bits per heavy atom. The fraction of sp³-hybridized carbons (Fsp3) is 0.188. The fourth-order valence-electron chi connectivity index (χ4n) is 2.69. The van der Waals surface area contributed by atoms with Crippen LogP contribution in [0.1, 0.15) is 22.8 Å². The van der Waals surface area contributed by atoms with Crippen LogP contribution in [0, 0.1) is 17.1 Å². The van der Waals surface area contributed by atoms with Crippen LogP contribution in [0.5, 0.6) is 11.5 Å². The van der Waals surface area contributed by atoms with E-state index in [1.807, 2.05) is 0 Å². The van der Waals surface area contributed by atoms with E-state index in [0.717, 1.165) is 30.3 Å². The number of benzene rings is 2. The molecule has 3 rings (SSSR count). The number of aliphatic hydroxyl groups is 1. The van der Waals surface area contributed by atoms with Crippen LogP contribution < -0.4 is 4.74 Å². The molecule has 1 aliphatic rings. The maximum atomic E-state index is 14.0. The molecule has 1 atom stereocenters. The molecular weight excluding hydrogens is 378 g/mol. The zero-order valence-electron chi connectivity index (χ0n) is 12.8. The molecule has 0 amide bonds. The van der Waals surface area contributed by atoms with E-state index in [0.29, 0.717) is 0 Å². The Hall–Kier alpha value is -2.32. The van der Waals surface area contributed by atoms with Gasteiger partial charge in [-0.15, -0.1) is 10.6 Å². The van der Waals surface area contributed by atoms with E-state index in [-0.39, 0.29) is 17.1 Å². The number of alkyl halides is 3. The molecule has 0 saturated carbocycles. The number of nitriles is 1. The van der Waals surface area contributed by atoms with E-state index in [9.17, 15) is 31.8 Å². The summed E-state index contributed by atoms with van der Waals surface area (Å²) < 4.78 is 79.7. The molecule has 1 aliphatic heterocycles. The van der Waals surface area contributed by atoms with Gasteiger partial charge in [-0.1, -0.05) is 0 Å². The lowest BCUT2D eigenvalue weighted by atomic mass is 10.0. The van der Waals surface area contributed by atoms with Gasteiger partial charge in [0.05, 0.1) is 16.5 Å². The third-order valence-electron chi connectivity index (χ3n) is 3.91. The number of hydrogen-bond acceptors (Lipinski definition) is 5. The first-order valence-corrected chi connectivity index (χ1v) is 8.62. The van der Waals surface area contributed by atoms with E-state index in [2.05, 4.69) is 0 Å². The summed E-state index contributed by atoms with van der Waals surface area (Å²) in [5, 5.41) is 14.3. The molecule has 5 nitrogen and oxygen atoms in total. The van der Waals surface area contributed by atoms with Crippen molar-refractivity contribution in [3.05, 3.63) is 52.8 Å². The van der Waals surface area contributed by atoms with Crippen LogP contribution in [0.3, 0.4) is 0 Å². The lowest BCUT2D eigenvalue weighted by molar-refractivity contribution is -0.0438. The van der Waals surface area contributed by atoms with Crippen molar-refractivity contribution in [2.45, 2.75) is 22.9 Å². The molecule has 2 aromatic rings. The molecule has 138 valence electrons. The zero-order valence-corrected chi connectivity index (χ0v) is 13.6. The standard InChI is InChI=1S/C16H11F4NO4S/c17-6-11-12(25-10-4-8(7-21)3-9(18)5-10)1-2-13-14(11)15(22)16(19,20)26(13,23)24/h1-5,15,22-24H,6H2. The van der Waals surface area contributed by atoms with Gasteiger partial charge in [-0.05, 0) is 24.3 Å². The molecule has 2 aromatic carbocycles. The second kappa shape index (κ2) is 6.14. The van der Waals surface area contributed by atoms with Gasteiger partial charge in [0.1, 0.15) is 24.0 Å². The Kier molecular flexibility index (Phi) is 4.36. The summed E-state index contributed by atoms with van der Waals surface area (Å²) in [6.45, 7) is -1.36. The number of ether oxygens (including phenoxy) is 1. The van der Waals surface area contributed by atoms with Gasteiger partial charge in [-0.3, -0.25) is 9.11 Å². The molecule has 26 heavy (non-hydrogen) atoms. The Morgan fingerprint density at radius 1 is 1.23 bits per heavy atom. The summed E-state index contributed by atoms with van der Waals surface area (Å²) in [5.41, 5.74) is -1.27. The van der Waals surface area contributed by atoms with Gasteiger partial charge in [0.15, 0.2) is 6.10 Å². The van der Waals surface area contributed by atoms with Gasteiger partial charge in [0.2, 0.25) is 0 Å². The van der Waals surface area contributed by atoms with Crippen molar-refractivity contribution in [2.24, 2.45) is 0 Å². The number of halogens is 4. The van der Waals surface area contributed by atoms with E-state index in [1.54, 1.807) is 6.07 Å². The van der Waals surface area contributed by atoms with Crippen molar-refractivity contribution in [3.8, 4) is 17.6 Å². The molecular formula is C16H11F4NO4S. The quantitative estimate of drug-likeness (QED) is 0.661. The van der Waals surface area contributed by atoms with Gasteiger partial charge in [0, 0.05) is 17.2 Å². The van der Waals surface area contributed by atoms with Crippen LogP contribution in [-0.2, 0) is 6.67 Å². The van der Waals surface area contributed by atoms with Gasteiger partial charge in [-0.2, -0.15) is 14.0 Å². The third kappa shape index (κ3) is 2.60. The topological polar surface area (TPSA) is 93.7 Å². The second-order valence-electron chi connectivity index (χ2n) is 5.49. The molecule has 1 unspecified atom stereocenters. The van der Waals surface area contributed by atoms with Crippen LogP contribution in [0.15, 0.2) is 35.2 Å². The smallest absolute Gasteiger partial charge is 0.371 e. The maximum absolute atomic E-state index is 14.0. The molecule has 3 N–H and O–H groups in total. The first-order valence-electron chi connectivity index (χ1n) is 7.07. The normalized spacial score (nSPS) is 20.9. The largest absolute Gasteiger partial charge is 0.457 e. The van der Waals surface area contributed by atoms with Crippen molar-refractivity contribution >= 4 is 10.6 Å². The second-order valence-corrected chi connectivity index (χ2v) is 7.57. The van der Waals surface area contributed by atoms with Crippen LogP contribution in [0.4, 0.5) is 17.6 Å². The minimum Gasteiger partial charge on any atom is -0.457 e. The summed E-state index contributed by atoms with van der Waals surface area (Å²) in [6.07, 6.45) is -2.64. The van der Waals surface area contributed by atoms with Gasteiger partial charge in [0.25, 0.3) is 0 Å². The SMILES string of the molecule is N#Cc1cc(F)cc(Oc2ccc3c(c2CF)C(O)C(F)(F)S3(O)O)c1. The highest BCUT2D eigenvalue weighted by Gasteiger charge is 2.61. The summed E-state index contributed by atoms with van der Waals surface area (Å²) >= 11 is 0. The average molecular weight is 389 g/mol. The first kappa shape index (κ1) is 18.5. The monoisotopic (exact) mass is 389 g/mol. The van der Waals surface area contributed by atoms with Gasteiger partial charge >= 0.3 is 5.25 Å². The Balaban J connectivity index is 2.12. The van der Waals surface area contributed by atoms with Crippen molar-refractivity contribution in [1.29, 1.82) is 5.26 Å². The molecule has 0 radical (unpaired) electrons. The summed E-state index contributed by atoms with van der Waals surface area (Å²) in [5.74, 6) is -1.32. The summed E-state index contributed by atoms with van der Waals surface area (Å²) in [4.78, 5) is -0.674. The molecule has 0 aliphatic carbocycles. The zero-order chi connectivity index (χ0) is 19.3. The van der Waals surface area contributed by atoms with Crippen molar-refractivity contribution in [1.82, 2.24) is 0 Å².